The summed E-state index contributed by atoms with van der Waals surface area (Å²) in [6.07, 6.45) is 0.808. The van der Waals surface area contributed by atoms with E-state index in [1.165, 1.54) is 4.31 Å². The second-order valence-corrected chi connectivity index (χ2v) is 6.59. The summed E-state index contributed by atoms with van der Waals surface area (Å²) < 4.78 is 26.1. The van der Waals surface area contributed by atoms with Crippen molar-refractivity contribution in [3.8, 4) is 0 Å². The quantitative estimate of drug-likeness (QED) is 0.678. The standard InChI is InChI=1S/C9H10INO2S/c1-11-5-4-7-2-3-8(10)6-9(7)14(11,12)13/h2-3,6H,4-5H2,1H3. The smallest absolute Gasteiger partial charge is 0.207 e. The Balaban J connectivity index is 2.68. The van der Waals surface area contributed by atoms with Crippen molar-refractivity contribution in [1.29, 1.82) is 0 Å². The predicted octanol–water partition coefficient (Wildman–Crippen LogP) is 1.47. The Kier molecular flexibility index (Phi) is 2.57. The van der Waals surface area contributed by atoms with E-state index in [-0.39, 0.29) is 0 Å². The molecule has 0 saturated carbocycles. The Bertz CT molecular complexity index is 470. The number of benzene rings is 1. The number of halogens is 1. The number of hydrogen-bond donors (Lipinski definition) is 0. The first-order valence-electron chi connectivity index (χ1n) is 4.26. The molecule has 0 aromatic heterocycles. The molecule has 0 unspecified atom stereocenters. The van der Waals surface area contributed by atoms with Crippen LogP contribution in [0.25, 0.3) is 0 Å². The van der Waals surface area contributed by atoms with E-state index >= 15 is 0 Å². The Morgan fingerprint density at radius 3 is 2.86 bits per heavy atom. The molecule has 0 atom stereocenters. The van der Waals surface area contributed by atoms with Gasteiger partial charge in [0.15, 0.2) is 0 Å². The molecule has 1 aromatic carbocycles. The maximum absolute atomic E-state index is 11.9. The van der Waals surface area contributed by atoms with Gasteiger partial charge in [-0.05, 0) is 46.7 Å². The fourth-order valence-corrected chi connectivity index (χ4v) is 3.69. The number of nitrogens with zero attached hydrogens (tertiary/aromatic N) is 1. The SMILES string of the molecule is CN1CCc2ccc(I)cc2S1(=O)=O. The van der Waals surface area contributed by atoms with Gasteiger partial charge in [0.2, 0.25) is 10.0 Å². The summed E-state index contributed by atoms with van der Waals surface area (Å²) in [4.78, 5) is 0.471. The van der Waals surface area contributed by atoms with Crippen LogP contribution >= 0.6 is 22.6 Å². The Labute approximate surface area is 97.3 Å². The van der Waals surface area contributed by atoms with Gasteiger partial charge in [0.1, 0.15) is 0 Å². The molecule has 1 aliphatic heterocycles. The first-order chi connectivity index (χ1) is 6.51. The Morgan fingerprint density at radius 2 is 2.14 bits per heavy atom. The molecule has 0 radical (unpaired) electrons. The van der Waals surface area contributed by atoms with Gasteiger partial charge in [0, 0.05) is 17.2 Å². The molecule has 0 fully saturated rings. The second-order valence-electron chi connectivity index (χ2n) is 3.33. The van der Waals surface area contributed by atoms with Crippen molar-refractivity contribution in [3.05, 3.63) is 27.3 Å². The first kappa shape index (κ1) is 10.4. The van der Waals surface area contributed by atoms with Crippen molar-refractivity contribution in [1.82, 2.24) is 4.31 Å². The fraction of sp³-hybridized carbons (Fsp3) is 0.333. The van der Waals surface area contributed by atoms with Gasteiger partial charge in [-0.2, -0.15) is 0 Å². The van der Waals surface area contributed by atoms with Gasteiger partial charge >= 0.3 is 0 Å². The van der Waals surface area contributed by atoms with Gasteiger partial charge in [0.25, 0.3) is 0 Å². The van der Waals surface area contributed by atoms with E-state index in [4.69, 9.17) is 0 Å². The van der Waals surface area contributed by atoms with E-state index in [0.717, 1.165) is 15.6 Å². The Hall–Kier alpha value is -0.140. The third kappa shape index (κ3) is 1.57. The maximum atomic E-state index is 11.9. The molecule has 14 heavy (non-hydrogen) atoms. The van der Waals surface area contributed by atoms with Crippen LogP contribution in [0.15, 0.2) is 23.1 Å². The van der Waals surface area contributed by atoms with Crippen LogP contribution in [0.2, 0.25) is 0 Å². The zero-order valence-electron chi connectivity index (χ0n) is 7.70. The van der Waals surface area contributed by atoms with Crippen LogP contribution < -0.4 is 0 Å². The van der Waals surface area contributed by atoms with Crippen LogP contribution in [0.4, 0.5) is 0 Å². The van der Waals surface area contributed by atoms with Crippen molar-refractivity contribution in [2.24, 2.45) is 0 Å². The highest BCUT2D eigenvalue weighted by Crippen LogP contribution is 2.26. The average molecular weight is 323 g/mol. The minimum atomic E-state index is -3.21. The van der Waals surface area contributed by atoms with Crippen LogP contribution in [-0.4, -0.2) is 26.3 Å². The molecule has 5 heteroatoms. The van der Waals surface area contributed by atoms with E-state index in [1.807, 2.05) is 12.1 Å². The molecule has 1 heterocycles. The molecule has 0 bridgehead atoms. The van der Waals surface area contributed by atoms with Gasteiger partial charge in [-0.15, -0.1) is 0 Å². The molecular formula is C9H10INO2S. The summed E-state index contributed by atoms with van der Waals surface area (Å²) in [5.41, 5.74) is 0.934. The summed E-state index contributed by atoms with van der Waals surface area (Å²) in [5.74, 6) is 0. The lowest BCUT2D eigenvalue weighted by Crippen LogP contribution is -2.34. The van der Waals surface area contributed by atoms with Crippen LogP contribution in [0.1, 0.15) is 5.56 Å². The highest BCUT2D eigenvalue weighted by Gasteiger charge is 2.28. The van der Waals surface area contributed by atoms with Gasteiger partial charge < -0.3 is 0 Å². The number of rotatable bonds is 0. The summed E-state index contributed by atoms with van der Waals surface area (Å²) in [6, 6.07) is 5.59. The molecule has 1 aromatic rings. The van der Waals surface area contributed by atoms with Crippen LogP contribution in [0.3, 0.4) is 0 Å². The largest absolute Gasteiger partial charge is 0.243 e. The maximum Gasteiger partial charge on any atom is 0.243 e. The summed E-state index contributed by atoms with van der Waals surface area (Å²) in [6.45, 7) is 0.579. The third-order valence-electron chi connectivity index (χ3n) is 2.41. The number of sulfonamides is 1. The van der Waals surface area contributed by atoms with Gasteiger partial charge in [0.05, 0.1) is 4.90 Å². The van der Waals surface area contributed by atoms with E-state index < -0.39 is 10.0 Å². The van der Waals surface area contributed by atoms with Crippen molar-refractivity contribution in [2.45, 2.75) is 11.3 Å². The zero-order chi connectivity index (χ0) is 10.3. The van der Waals surface area contributed by atoms with Crippen molar-refractivity contribution in [2.75, 3.05) is 13.6 Å². The van der Waals surface area contributed by atoms with E-state index in [2.05, 4.69) is 22.6 Å². The fourth-order valence-electron chi connectivity index (χ4n) is 1.54. The van der Waals surface area contributed by atoms with Crippen molar-refractivity contribution in [3.63, 3.8) is 0 Å². The first-order valence-corrected chi connectivity index (χ1v) is 6.78. The average Bonchev–Trinajstić information content (AvgIpc) is 2.13. The lowest BCUT2D eigenvalue weighted by Gasteiger charge is -2.24. The topological polar surface area (TPSA) is 37.4 Å². The lowest BCUT2D eigenvalue weighted by molar-refractivity contribution is 0.457. The monoisotopic (exact) mass is 323 g/mol. The summed E-state index contributed by atoms with van der Waals surface area (Å²) in [7, 11) is -1.59. The van der Waals surface area contributed by atoms with Crippen molar-refractivity contribution >= 4 is 32.6 Å². The molecular weight excluding hydrogens is 313 g/mol. The molecule has 1 aliphatic rings. The van der Waals surface area contributed by atoms with Crippen LogP contribution in [0, 0.1) is 3.57 Å². The zero-order valence-corrected chi connectivity index (χ0v) is 10.7. The van der Waals surface area contributed by atoms with E-state index in [0.29, 0.717) is 11.4 Å². The lowest BCUT2D eigenvalue weighted by atomic mass is 10.1. The molecule has 2 rings (SSSR count). The van der Waals surface area contributed by atoms with E-state index in [9.17, 15) is 8.42 Å². The third-order valence-corrected chi connectivity index (χ3v) is 5.02. The predicted molar refractivity (Wildman–Crippen MR) is 62.7 cm³/mol. The number of fused-ring (bicyclic) bond motifs is 1. The molecule has 0 N–H and O–H groups in total. The van der Waals surface area contributed by atoms with Crippen LogP contribution in [-0.2, 0) is 16.4 Å². The molecule has 0 amide bonds. The molecule has 0 spiro atoms. The molecule has 0 aliphatic carbocycles. The van der Waals surface area contributed by atoms with E-state index in [1.54, 1.807) is 13.1 Å². The van der Waals surface area contributed by atoms with Gasteiger partial charge in [-0.1, -0.05) is 6.07 Å². The highest BCUT2D eigenvalue weighted by molar-refractivity contribution is 14.1. The molecule has 76 valence electrons. The summed E-state index contributed by atoms with van der Waals surface area (Å²) in [5, 5.41) is 0. The highest BCUT2D eigenvalue weighted by atomic mass is 127. The van der Waals surface area contributed by atoms with Gasteiger partial charge in [-0.3, -0.25) is 0 Å². The van der Waals surface area contributed by atoms with Crippen molar-refractivity contribution < 1.29 is 8.42 Å². The minimum absolute atomic E-state index is 0.471. The second kappa shape index (κ2) is 3.46. The Morgan fingerprint density at radius 1 is 1.43 bits per heavy atom. The normalized spacial score (nSPS) is 20.4. The van der Waals surface area contributed by atoms with Crippen LogP contribution in [0.5, 0.6) is 0 Å². The minimum Gasteiger partial charge on any atom is -0.207 e. The molecule has 3 nitrogen and oxygen atoms in total. The molecule has 0 saturated heterocycles. The summed E-state index contributed by atoms with van der Waals surface area (Å²) >= 11 is 2.13. The number of likely N-dealkylation sites (N-methyl/N-ethyl adjacent to an activating group) is 1. The van der Waals surface area contributed by atoms with Gasteiger partial charge in [-0.25, -0.2) is 12.7 Å². The number of hydrogen-bond acceptors (Lipinski definition) is 2.